The summed E-state index contributed by atoms with van der Waals surface area (Å²) in [5.74, 6) is -0.903. The molecule has 0 unspecified atom stereocenters. The molecule has 1 fully saturated rings. The first-order valence-electron chi connectivity index (χ1n) is 6.47. The van der Waals surface area contributed by atoms with Crippen molar-refractivity contribution >= 4 is 23.5 Å². The highest BCUT2D eigenvalue weighted by Crippen LogP contribution is 2.26. The van der Waals surface area contributed by atoms with Gasteiger partial charge in [-0.3, -0.25) is 9.59 Å². The summed E-state index contributed by atoms with van der Waals surface area (Å²) in [4.78, 5) is 24.6. The zero-order valence-corrected chi connectivity index (χ0v) is 11.6. The number of aliphatic carboxylic acids is 1. The van der Waals surface area contributed by atoms with E-state index in [4.69, 9.17) is 16.7 Å². The summed E-state index contributed by atoms with van der Waals surface area (Å²) in [7, 11) is 0. The van der Waals surface area contributed by atoms with Gasteiger partial charge >= 0.3 is 5.97 Å². The van der Waals surface area contributed by atoms with Crippen molar-refractivity contribution in [2.24, 2.45) is 5.92 Å². The third-order valence-electron chi connectivity index (χ3n) is 3.55. The smallest absolute Gasteiger partial charge is 0.303 e. The lowest BCUT2D eigenvalue weighted by Crippen LogP contribution is -2.39. The van der Waals surface area contributed by atoms with Gasteiger partial charge in [-0.1, -0.05) is 11.6 Å². The summed E-state index contributed by atoms with van der Waals surface area (Å²) in [6.07, 6.45) is 1.50. The third kappa shape index (κ3) is 3.42. The second-order valence-corrected chi connectivity index (χ2v) is 5.40. The molecule has 1 saturated heterocycles. The summed E-state index contributed by atoms with van der Waals surface area (Å²) in [5.41, 5.74) is 0.281. The van der Waals surface area contributed by atoms with Crippen molar-refractivity contribution in [1.29, 1.82) is 0 Å². The van der Waals surface area contributed by atoms with E-state index < -0.39 is 5.97 Å². The monoisotopic (exact) mass is 297 g/mol. The molecule has 0 saturated carbocycles. The summed E-state index contributed by atoms with van der Waals surface area (Å²) >= 11 is 5.97. The second-order valence-electron chi connectivity index (χ2n) is 5.00. The van der Waals surface area contributed by atoms with E-state index in [1.54, 1.807) is 4.90 Å². The van der Waals surface area contributed by atoms with Gasteiger partial charge in [0.05, 0.1) is 10.6 Å². The minimum Gasteiger partial charge on any atom is -0.508 e. The quantitative estimate of drug-likeness (QED) is 0.898. The fourth-order valence-electron chi connectivity index (χ4n) is 2.43. The van der Waals surface area contributed by atoms with Gasteiger partial charge in [0.2, 0.25) is 0 Å². The van der Waals surface area contributed by atoms with Crippen LogP contribution in [0, 0.1) is 5.92 Å². The minimum atomic E-state index is -0.800. The van der Waals surface area contributed by atoms with Crippen LogP contribution in [0.1, 0.15) is 29.6 Å². The topological polar surface area (TPSA) is 77.8 Å². The predicted octanol–water partition coefficient (Wildman–Crippen LogP) is 2.37. The number of halogens is 1. The molecule has 1 aromatic carbocycles. The Balaban J connectivity index is 2.01. The molecule has 0 spiro atoms. The van der Waals surface area contributed by atoms with Crippen molar-refractivity contribution in [2.45, 2.75) is 19.3 Å². The Labute approximate surface area is 121 Å². The maximum Gasteiger partial charge on any atom is 0.303 e. The number of aromatic hydroxyl groups is 1. The van der Waals surface area contributed by atoms with Gasteiger partial charge < -0.3 is 15.1 Å². The number of carboxylic acid groups (broad SMARTS) is 1. The zero-order chi connectivity index (χ0) is 14.7. The highest BCUT2D eigenvalue weighted by molar-refractivity contribution is 6.33. The predicted molar refractivity (Wildman–Crippen MR) is 74.0 cm³/mol. The molecule has 6 heteroatoms. The maximum atomic E-state index is 12.3. The molecule has 0 aliphatic carbocycles. The van der Waals surface area contributed by atoms with Gasteiger partial charge in [-0.05, 0) is 37.0 Å². The van der Waals surface area contributed by atoms with E-state index in [-0.39, 0.29) is 29.6 Å². The molecule has 0 atom stereocenters. The Morgan fingerprint density at radius 2 is 1.95 bits per heavy atom. The first kappa shape index (κ1) is 14.7. The molecule has 0 radical (unpaired) electrons. The summed E-state index contributed by atoms with van der Waals surface area (Å²) in [6, 6.07) is 4.27. The molecule has 1 amide bonds. The molecule has 20 heavy (non-hydrogen) atoms. The van der Waals surface area contributed by atoms with Crippen LogP contribution in [-0.4, -0.2) is 40.1 Å². The number of rotatable bonds is 3. The van der Waals surface area contributed by atoms with Gasteiger partial charge in [0.15, 0.2) is 0 Å². The van der Waals surface area contributed by atoms with E-state index in [1.165, 1.54) is 18.2 Å². The number of likely N-dealkylation sites (tertiary alicyclic amines) is 1. The SMILES string of the molecule is O=C(O)CC1CCN(C(=O)c2cc(O)ccc2Cl)CC1. The summed E-state index contributed by atoms with van der Waals surface area (Å²) in [6.45, 7) is 1.03. The number of carbonyl (C=O) groups is 2. The minimum absolute atomic E-state index is 0.00138. The van der Waals surface area contributed by atoms with Crippen LogP contribution >= 0.6 is 11.6 Å². The molecule has 1 aliphatic rings. The second kappa shape index (κ2) is 6.13. The first-order chi connectivity index (χ1) is 9.47. The number of hydrogen-bond acceptors (Lipinski definition) is 3. The average molecular weight is 298 g/mol. The molecule has 1 aliphatic heterocycles. The highest BCUT2D eigenvalue weighted by Gasteiger charge is 2.26. The van der Waals surface area contributed by atoms with Crippen LogP contribution in [0.5, 0.6) is 5.75 Å². The molecule has 0 bridgehead atoms. The van der Waals surface area contributed by atoms with Crippen molar-refractivity contribution in [2.75, 3.05) is 13.1 Å². The molecule has 108 valence electrons. The first-order valence-corrected chi connectivity index (χ1v) is 6.84. The number of phenolic OH excluding ortho intramolecular Hbond substituents is 1. The number of amides is 1. The zero-order valence-electron chi connectivity index (χ0n) is 10.9. The lowest BCUT2D eigenvalue weighted by atomic mass is 9.93. The van der Waals surface area contributed by atoms with E-state index in [9.17, 15) is 14.7 Å². The number of benzene rings is 1. The van der Waals surface area contributed by atoms with E-state index in [1.807, 2.05) is 0 Å². The molecular weight excluding hydrogens is 282 g/mol. The average Bonchev–Trinajstić information content (AvgIpc) is 2.41. The fraction of sp³-hybridized carbons (Fsp3) is 0.429. The number of hydrogen-bond donors (Lipinski definition) is 2. The Kier molecular flexibility index (Phi) is 4.49. The van der Waals surface area contributed by atoms with E-state index in [0.717, 1.165) is 0 Å². The van der Waals surface area contributed by atoms with Crippen LogP contribution in [0.2, 0.25) is 5.02 Å². The standard InChI is InChI=1S/C14H16ClNO4/c15-12-2-1-10(17)8-11(12)14(20)16-5-3-9(4-6-16)7-13(18)19/h1-2,8-9,17H,3-7H2,(H,18,19). The van der Waals surface area contributed by atoms with Crippen LogP contribution in [0.4, 0.5) is 0 Å². The van der Waals surface area contributed by atoms with Gasteiger partial charge in [-0.25, -0.2) is 0 Å². The normalized spacial score (nSPS) is 16.1. The lowest BCUT2D eigenvalue weighted by Gasteiger charge is -2.31. The number of carbonyl (C=O) groups excluding carboxylic acids is 1. The molecule has 1 aromatic rings. The van der Waals surface area contributed by atoms with Crippen LogP contribution in [0.25, 0.3) is 0 Å². The van der Waals surface area contributed by atoms with E-state index in [2.05, 4.69) is 0 Å². The number of piperidine rings is 1. The van der Waals surface area contributed by atoms with Crippen molar-refractivity contribution in [3.05, 3.63) is 28.8 Å². The van der Waals surface area contributed by atoms with Crippen molar-refractivity contribution in [3.8, 4) is 5.75 Å². The molecule has 5 nitrogen and oxygen atoms in total. The Hall–Kier alpha value is -1.75. The van der Waals surface area contributed by atoms with Gasteiger partial charge in [0, 0.05) is 19.5 Å². The molecule has 1 heterocycles. The van der Waals surface area contributed by atoms with Crippen molar-refractivity contribution in [3.63, 3.8) is 0 Å². The summed E-state index contributed by atoms with van der Waals surface area (Å²) < 4.78 is 0. The Morgan fingerprint density at radius 3 is 2.55 bits per heavy atom. The summed E-state index contributed by atoms with van der Waals surface area (Å²) in [5, 5.41) is 18.5. The van der Waals surface area contributed by atoms with Gasteiger partial charge in [-0.15, -0.1) is 0 Å². The van der Waals surface area contributed by atoms with Gasteiger partial charge in [-0.2, -0.15) is 0 Å². The molecule has 2 N–H and O–H groups in total. The maximum absolute atomic E-state index is 12.3. The number of nitrogens with zero attached hydrogens (tertiary/aromatic N) is 1. The van der Waals surface area contributed by atoms with Crippen LogP contribution in [0.3, 0.4) is 0 Å². The largest absolute Gasteiger partial charge is 0.508 e. The highest BCUT2D eigenvalue weighted by atomic mass is 35.5. The number of phenols is 1. The van der Waals surface area contributed by atoms with Crippen LogP contribution in [0.15, 0.2) is 18.2 Å². The lowest BCUT2D eigenvalue weighted by molar-refractivity contribution is -0.138. The number of carboxylic acids is 1. The Morgan fingerprint density at radius 1 is 1.30 bits per heavy atom. The van der Waals surface area contributed by atoms with Crippen LogP contribution in [-0.2, 0) is 4.79 Å². The van der Waals surface area contributed by atoms with Crippen molar-refractivity contribution in [1.82, 2.24) is 4.90 Å². The Bertz CT molecular complexity index is 524. The fourth-order valence-corrected chi connectivity index (χ4v) is 2.63. The molecular formula is C14H16ClNO4. The molecule has 2 rings (SSSR count). The molecule has 0 aromatic heterocycles. The van der Waals surface area contributed by atoms with Gasteiger partial charge in [0.25, 0.3) is 5.91 Å². The third-order valence-corrected chi connectivity index (χ3v) is 3.87. The van der Waals surface area contributed by atoms with E-state index in [0.29, 0.717) is 31.0 Å². The van der Waals surface area contributed by atoms with Crippen LogP contribution < -0.4 is 0 Å². The van der Waals surface area contributed by atoms with E-state index >= 15 is 0 Å². The van der Waals surface area contributed by atoms with Crippen molar-refractivity contribution < 1.29 is 19.8 Å². The van der Waals surface area contributed by atoms with Gasteiger partial charge in [0.1, 0.15) is 5.75 Å².